The third-order valence-electron chi connectivity index (χ3n) is 29.1. The maximum Gasteiger partial charge on any atom is 0.0771 e. The van der Waals surface area contributed by atoms with E-state index in [0.29, 0.717) is 0 Å². The second-order valence-corrected chi connectivity index (χ2v) is 37.4. The lowest BCUT2D eigenvalue weighted by Crippen LogP contribution is -2.10. The van der Waals surface area contributed by atoms with E-state index < -0.39 is 0 Å². The Hall–Kier alpha value is -12.5. The molecule has 0 fully saturated rings. The highest BCUT2D eigenvalue weighted by molar-refractivity contribution is 6.11. The molecule has 4 N–H and O–H groups in total. The SMILES string of the molecule is CCC1=C(C)c2nc1cc1[nH]c(c(C)c1CC)c(-c1c(C)cc(C)cc1C)c1nc(c(-c3ccc(N(c4ccc(C)cc4)c4ccc(-c5c6nc(c(-c7c(C)cc(C)cc7C)c7[nH]c(cc8nc(c(-c9c(C)cc(C)cc9C)c9[nH]c5c(CC)c9C)C(C)=C8CC)c(CC)c7C)C(C)=C6CC)cc4)cc3)c3[nH]c(c(C)c3CC)c2-c2c(C)cc(C)cc2C)C(CC)=C1C. The molecule has 0 saturated carbocycles. The maximum atomic E-state index is 6.27. The molecule has 10 heterocycles. The zero-order valence-electron chi connectivity index (χ0n) is 81.6. The molecular formula is C119H129N9. The van der Waals surface area contributed by atoms with Gasteiger partial charge in [0.25, 0.3) is 0 Å². The van der Waals surface area contributed by atoms with E-state index in [4.69, 9.17) is 19.9 Å². The Balaban J connectivity index is 0.966. The van der Waals surface area contributed by atoms with Gasteiger partial charge >= 0.3 is 0 Å². The highest BCUT2D eigenvalue weighted by atomic mass is 15.1. The first kappa shape index (κ1) is 87.6. The summed E-state index contributed by atoms with van der Waals surface area (Å²) in [6.07, 6.45) is 6.46. The molecular weight excluding hydrogens is 1560 g/mol. The Labute approximate surface area is 760 Å². The lowest BCUT2D eigenvalue weighted by molar-refractivity contribution is 1.14. The van der Waals surface area contributed by atoms with E-state index in [0.717, 1.165) is 203 Å². The van der Waals surface area contributed by atoms with Crippen molar-refractivity contribution >= 4 is 106 Å². The lowest BCUT2D eigenvalue weighted by atomic mass is 9.89. The Bertz CT molecular complexity index is 6780. The standard InChI is InChI=1S/C119H129N9/c1-30-86-73(22)108-104(98-65(14)50-61(10)51-66(98)15)112-77(26)90(34-5)116(124-112)102(117-91(35-6)78(27)113(125-117)105(99-67(16)52-62(11)53-68(99)17)109-74(23)87(31-2)95(121-109)58-94(86)120-108)81-40-46-84(47-41-81)128(83-44-38-60(9)39-45-83)85-48-42-82(43-49-85)103-118-92(36-7)79(28)114(126-118)106(100-69(18)54-63(12)55-70(100)19)110-75(24)88(32-3)96(122-110)59-97-89(33-4)76(25)111(123-97)107(101-71(20)56-64(13)57-72(101)21)115-80(29)93(37-8)119(103)127-115/h38-59,120,122,125,127H,30-37H2,1-29H3. The first-order valence-electron chi connectivity index (χ1n) is 47.2. The molecule has 9 heteroatoms. The van der Waals surface area contributed by atoms with E-state index in [2.05, 4.69) is 359 Å². The van der Waals surface area contributed by atoms with Gasteiger partial charge < -0.3 is 24.8 Å². The van der Waals surface area contributed by atoms with Crippen molar-refractivity contribution in [2.24, 2.45) is 0 Å². The zero-order valence-corrected chi connectivity index (χ0v) is 81.6. The number of hydrogen-bond acceptors (Lipinski definition) is 5. The molecule has 13 aromatic rings. The number of H-pyrrole nitrogens is 4. The lowest BCUT2D eigenvalue weighted by Gasteiger charge is -2.26. The monoisotopic (exact) mass is 1680 g/mol. The average molecular weight is 1690 g/mol. The number of nitrogens with zero attached hydrogens (tertiary/aromatic N) is 5. The van der Waals surface area contributed by atoms with Crippen LogP contribution < -0.4 is 4.90 Å². The van der Waals surface area contributed by atoms with Crippen LogP contribution in [0.3, 0.4) is 0 Å². The summed E-state index contributed by atoms with van der Waals surface area (Å²) < 4.78 is 0. The molecule has 650 valence electrons. The van der Waals surface area contributed by atoms with Crippen LogP contribution >= 0.6 is 0 Å². The van der Waals surface area contributed by atoms with Crippen molar-refractivity contribution in [1.29, 1.82) is 0 Å². The Morgan fingerprint density at radius 2 is 0.469 bits per heavy atom. The molecule has 0 unspecified atom stereocenters. The molecule has 0 atom stereocenters. The van der Waals surface area contributed by atoms with Crippen molar-refractivity contribution in [3.05, 3.63) is 296 Å². The van der Waals surface area contributed by atoms with Crippen molar-refractivity contribution in [2.75, 3.05) is 4.90 Å². The number of aromatic amines is 4. The molecule has 16 bridgehead atoms. The van der Waals surface area contributed by atoms with Crippen molar-refractivity contribution in [3.63, 3.8) is 0 Å². The van der Waals surface area contributed by atoms with Crippen LogP contribution in [-0.4, -0.2) is 39.9 Å². The third-order valence-corrected chi connectivity index (χ3v) is 29.1. The number of aryl methyl sites for hydroxylation is 21. The molecule has 0 aliphatic carbocycles. The molecule has 17 rings (SSSR count). The van der Waals surface area contributed by atoms with Crippen LogP contribution in [-0.2, 0) is 25.7 Å². The van der Waals surface area contributed by atoms with Gasteiger partial charge in [-0.3, -0.25) is 0 Å². The number of nitrogens with one attached hydrogen (secondary N) is 4. The number of allylic oxidation sites excluding steroid dienone is 8. The topological polar surface area (TPSA) is 118 Å². The maximum absolute atomic E-state index is 6.27. The van der Waals surface area contributed by atoms with E-state index in [1.165, 1.54) is 184 Å². The van der Waals surface area contributed by atoms with Gasteiger partial charge in [-0.25, -0.2) is 19.9 Å². The summed E-state index contributed by atoms with van der Waals surface area (Å²) in [5.74, 6) is 0. The van der Waals surface area contributed by atoms with Gasteiger partial charge in [0.15, 0.2) is 0 Å². The van der Waals surface area contributed by atoms with Gasteiger partial charge in [-0.05, 0) is 412 Å². The fourth-order valence-corrected chi connectivity index (χ4v) is 23.3. The van der Waals surface area contributed by atoms with Gasteiger partial charge in [-0.15, -0.1) is 0 Å². The van der Waals surface area contributed by atoms with Gasteiger partial charge in [0.1, 0.15) is 0 Å². The first-order chi connectivity index (χ1) is 61.3. The smallest absolute Gasteiger partial charge is 0.0771 e. The fraction of sp³-hybridized carbons (Fsp3) is 0.311. The summed E-state index contributed by atoms with van der Waals surface area (Å²) >= 11 is 0. The molecule has 0 amide bonds. The molecule has 4 aliphatic rings. The van der Waals surface area contributed by atoms with Gasteiger partial charge in [-0.2, -0.15) is 0 Å². The van der Waals surface area contributed by atoms with E-state index in [-0.39, 0.29) is 0 Å². The summed E-state index contributed by atoms with van der Waals surface area (Å²) in [5, 5.41) is 0. The van der Waals surface area contributed by atoms with Crippen LogP contribution in [0.1, 0.15) is 271 Å². The summed E-state index contributed by atoms with van der Waals surface area (Å²) in [5.41, 5.74) is 69.4. The Morgan fingerprint density at radius 3 is 0.742 bits per heavy atom. The molecule has 4 aliphatic heterocycles. The van der Waals surface area contributed by atoms with E-state index in [9.17, 15) is 0 Å². The molecule has 0 spiro atoms. The minimum Gasteiger partial charge on any atom is -0.354 e. The summed E-state index contributed by atoms with van der Waals surface area (Å²) in [6.45, 7) is 66.5. The molecule has 7 aromatic carbocycles. The number of hydrogen-bond donors (Lipinski definition) is 4. The van der Waals surface area contributed by atoms with Crippen molar-refractivity contribution in [3.8, 4) is 66.8 Å². The minimum atomic E-state index is 0.769. The van der Waals surface area contributed by atoms with Gasteiger partial charge in [0, 0.05) is 61.5 Å². The first-order valence-corrected chi connectivity index (χ1v) is 47.2. The summed E-state index contributed by atoms with van der Waals surface area (Å²) in [6, 6.07) is 51.5. The number of anilines is 3. The Kier molecular flexibility index (Phi) is 23.2. The van der Waals surface area contributed by atoms with E-state index in [1.807, 2.05) is 0 Å². The molecule has 0 saturated heterocycles. The quantitative estimate of drug-likeness (QED) is 0.0724. The van der Waals surface area contributed by atoms with Crippen LogP contribution in [0.25, 0.3) is 155 Å². The van der Waals surface area contributed by atoms with Crippen molar-refractivity contribution in [2.45, 2.75) is 252 Å². The zero-order chi connectivity index (χ0) is 91.1. The second-order valence-electron chi connectivity index (χ2n) is 37.4. The Morgan fingerprint density at radius 1 is 0.219 bits per heavy atom. The third kappa shape index (κ3) is 14.3. The minimum absolute atomic E-state index is 0.769. The highest BCUT2D eigenvalue weighted by Gasteiger charge is 2.35. The average Bonchev–Trinajstić information content (AvgIpc) is 1.58. The normalized spacial score (nSPS) is 13.0. The van der Waals surface area contributed by atoms with Crippen molar-refractivity contribution < 1.29 is 0 Å². The number of benzene rings is 7. The second kappa shape index (κ2) is 34.0. The summed E-state index contributed by atoms with van der Waals surface area (Å²) in [7, 11) is 0. The molecule has 128 heavy (non-hydrogen) atoms. The number of rotatable bonds is 17. The molecule has 6 aromatic heterocycles. The number of fused-ring (bicyclic) bond motifs is 16. The summed E-state index contributed by atoms with van der Waals surface area (Å²) in [4.78, 5) is 44.0. The van der Waals surface area contributed by atoms with Crippen LogP contribution in [0.15, 0.2) is 133 Å². The predicted molar refractivity (Wildman–Crippen MR) is 552 cm³/mol. The fourth-order valence-electron chi connectivity index (χ4n) is 23.3. The number of aromatic nitrogens is 8. The largest absolute Gasteiger partial charge is 0.354 e. The van der Waals surface area contributed by atoms with Gasteiger partial charge in [-0.1, -0.05) is 168 Å². The van der Waals surface area contributed by atoms with Crippen molar-refractivity contribution in [1.82, 2.24) is 39.9 Å². The van der Waals surface area contributed by atoms with Crippen LogP contribution in [0.2, 0.25) is 0 Å². The predicted octanol–water partition coefficient (Wildman–Crippen LogP) is 33.3. The highest BCUT2D eigenvalue weighted by Crippen LogP contribution is 2.54. The van der Waals surface area contributed by atoms with E-state index in [1.54, 1.807) is 0 Å². The molecule has 9 nitrogen and oxygen atoms in total. The van der Waals surface area contributed by atoms with Crippen LogP contribution in [0.5, 0.6) is 0 Å². The van der Waals surface area contributed by atoms with Gasteiger partial charge in [0.2, 0.25) is 0 Å². The van der Waals surface area contributed by atoms with Crippen LogP contribution in [0.4, 0.5) is 17.1 Å². The van der Waals surface area contributed by atoms with Crippen LogP contribution in [0, 0.1) is 118 Å². The molecule has 0 radical (unpaired) electrons. The van der Waals surface area contributed by atoms with Gasteiger partial charge in [0.05, 0.1) is 78.7 Å². The van der Waals surface area contributed by atoms with E-state index >= 15 is 0 Å².